The van der Waals surface area contributed by atoms with Gasteiger partial charge in [0.15, 0.2) is 0 Å². The molecule has 8 heteroatoms. The van der Waals surface area contributed by atoms with Gasteiger partial charge in [-0.2, -0.15) is 13.2 Å². The number of hydrogen-bond donors (Lipinski definition) is 0. The van der Waals surface area contributed by atoms with Crippen LogP contribution in [-0.2, 0) is 16.2 Å². The lowest BCUT2D eigenvalue weighted by atomic mass is 10.1. The second-order valence-electron chi connectivity index (χ2n) is 3.36. The third-order valence-electron chi connectivity index (χ3n) is 2.11. The van der Waals surface area contributed by atoms with Gasteiger partial charge in [0.25, 0.3) is 0 Å². The minimum Gasteiger partial charge on any atom is -0.273 e. The summed E-state index contributed by atoms with van der Waals surface area (Å²) in [4.78, 5) is 0. The first-order valence-electron chi connectivity index (χ1n) is 4.34. The number of rotatable bonds is 2. The predicted molar refractivity (Wildman–Crippen MR) is 62.4 cm³/mol. The van der Waals surface area contributed by atoms with Gasteiger partial charge in [-0.15, -0.1) is 0 Å². The van der Waals surface area contributed by atoms with Gasteiger partial charge in [0.2, 0.25) is 10.0 Å². The van der Waals surface area contributed by atoms with Crippen molar-refractivity contribution in [2.24, 2.45) is 0 Å². The number of alkyl halides is 3. The fourth-order valence-electron chi connectivity index (χ4n) is 1.23. The molecule has 1 aromatic rings. The standard InChI is InChI=1S/C9H9BrF3NO2S/c1-14(17(2,15)16)7-5-3-4-6(10)8(7)9(11,12)13/h3-5H,1-2H3. The van der Waals surface area contributed by atoms with Crippen molar-refractivity contribution in [3.05, 3.63) is 28.2 Å². The summed E-state index contributed by atoms with van der Waals surface area (Å²) in [6.07, 6.45) is -3.79. The molecule has 0 aliphatic carbocycles. The summed E-state index contributed by atoms with van der Waals surface area (Å²) in [5, 5.41) is 0. The van der Waals surface area contributed by atoms with Crippen LogP contribution in [0.1, 0.15) is 5.56 Å². The normalized spacial score (nSPS) is 12.6. The fourth-order valence-corrected chi connectivity index (χ4v) is 2.32. The Kier molecular flexibility index (Phi) is 3.78. The van der Waals surface area contributed by atoms with Crippen LogP contribution < -0.4 is 4.31 Å². The number of sulfonamides is 1. The van der Waals surface area contributed by atoms with Crippen LogP contribution in [0.3, 0.4) is 0 Å². The maximum atomic E-state index is 12.8. The SMILES string of the molecule is CN(c1cccc(Br)c1C(F)(F)F)S(C)(=O)=O. The predicted octanol–water partition coefficient (Wildman–Crippen LogP) is 2.86. The molecule has 0 heterocycles. The Hall–Kier alpha value is -0.760. The second kappa shape index (κ2) is 4.49. The monoisotopic (exact) mass is 331 g/mol. The molecule has 0 saturated heterocycles. The van der Waals surface area contributed by atoms with Crippen molar-refractivity contribution < 1.29 is 21.6 Å². The van der Waals surface area contributed by atoms with E-state index in [4.69, 9.17) is 0 Å². The van der Waals surface area contributed by atoms with E-state index in [1.807, 2.05) is 0 Å². The number of anilines is 1. The maximum absolute atomic E-state index is 12.8. The summed E-state index contributed by atoms with van der Waals surface area (Å²) in [7, 11) is -2.67. The largest absolute Gasteiger partial charge is 0.419 e. The molecule has 0 radical (unpaired) electrons. The summed E-state index contributed by atoms with van der Waals surface area (Å²) in [6, 6.07) is 3.66. The first-order valence-corrected chi connectivity index (χ1v) is 6.99. The van der Waals surface area contributed by atoms with Crippen molar-refractivity contribution in [1.82, 2.24) is 0 Å². The summed E-state index contributed by atoms with van der Waals surface area (Å²) in [6.45, 7) is 0. The first kappa shape index (κ1) is 14.3. The van der Waals surface area contributed by atoms with Gasteiger partial charge in [0.1, 0.15) is 0 Å². The zero-order valence-corrected chi connectivity index (χ0v) is 11.3. The van der Waals surface area contributed by atoms with Gasteiger partial charge in [-0.3, -0.25) is 4.31 Å². The van der Waals surface area contributed by atoms with Crippen molar-refractivity contribution in [1.29, 1.82) is 0 Å². The van der Waals surface area contributed by atoms with E-state index in [9.17, 15) is 21.6 Å². The summed E-state index contributed by atoms with van der Waals surface area (Å²) in [5.74, 6) is 0. The van der Waals surface area contributed by atoms with Crippen LogP contribution in [-0.4, -0.2) is 21.7 Å². The van der Waals surface area contributed by atoms with E-state index in [1.165, 1.54) is 12.1 Å². The van der Waals surface area contributed by atoms with Gasteiger partial charge in [-0.05, 0) is 12.1 Å². The summed E-state index contributed by atoms with van der Waals surface area (Å²) >= 11 is 2.78. The quantitative estimate of drug-likeness (QED) is 0.835. The molecule has 17 heavy (non-hydrogen) atoms. The molecule has 0 saturated carbocycles. The average molecular weight is 332 g/mol. The zero-order chi connectivity index (χ0) is 13.4. The molecule has 0 aliphatic rings. The molecular weight excluding hydrogens is 323 g/mol. The fraction of sp³-hybridized carbons (Fsp3) is 0.333. The van der Waals surface area contributed by atoms with Crippen LogP contribution in [0.25, 0.3) is 0 Å². The number of hydrogen-bond acceptors (Lipinski definition) is 2. The Morgan fingerprint density at radius 3 is 2.24 bits per heavy atom. The minimum atomic E-state index is -4.63. The minimum absolute atomic E-state index is 0.196. The molecule has 96 valence electrons. The first-order chi connectivity index (χ1) is 7.55. The highest BCUT2D eigenvalue weighted by molar-refractivity contribution is 9.10. The number of benzene rings is 1. The van der Waals surface area contributed by atoms with Crippen molar-refractivity contribution in [3.63, 3.8) is 0 Å². The van der Waals surface area contributed by atoms with Crippen molar-refractivity contribution in [2.45, 2.75) is 6.18 Å². The van der Waals surface area contributed by atoms with Crippen LogP contribution >= 0.6 is 15.9 Å². The lowest BCUT2D eigenvalue weighted by molar-refractivity contribution is -0.137. The molecule has 1 aromatic carbocycles. The van der Waals surface area contributed by atoms with E-state index < -0.39 is 27.5 Å². The molecule has 0 fully saturated rings. The van der Waals surface area contributed by atoms with E-state index in [0.29, 0.717) is 4.31 Å². The number of halogens is 4. The van der Waals surface area contributed by atoms with Crippen molar-refractivity contribution in [2.75, 3.05) is 17.6 Å². The molecule has 1 rings (SSSR count). The second-order valence-corrected chi connectivity index (χ2v) is 6.23. The van der Waals surface area contributed by atoms with Gasteiger partial charge < -0.3 is 0 Å². The summed E-state index contributed by atoms with van der Waals surface area (Å²) < 4.78 is 61.4. The highest BCUT2D eigenvalue weighted by atomic mass is 79.9. The smallest absolute Gasteiger partial charge is 0.273 e. The average Bonchev–Trinajstić information content (AvgIpc) is 2.12. The Labute approximate surface area is 105 Å². The molecule has 0 spiro atoms. The van der Waals surface area contributed by atoms with Gasteiger partial charge in [0, 0.05) is 11.5 Å². The summed E-state index contributed by atoms with van der Waals surface area (Å²) in [5.41, 5.74) is -1.41. The molecule has 0 aliphatic heterocycles. The van der Waals surface area contributed by atoms with Crippen LogP contribution in [0.4, 0.5) is 18.9 Å². The van der Waals surface area contributed by atoms with Crippen LogP contribution in [0, 0.1) is 0 Å². The van der Waals surface area contributed by atoms with Gasteiger partial charge in [0.05, 0.1) is 17.5 Å². The van der Waals surface area contributed by atoms with Crippen LogP contribution in [0.2, 0.25) is 0 Å². The third kappa shape index (κ3) is 3.12. The third-order valence-corrected chi connectivity index (χ3v) is 3.96. The molecule has 0 amide bonds. The maximum Gasteiger partial charge on any atom is 0.419 e. The van der Waals surface area contributed by atoms with Gasteiger partial charge in [-0.1, -0.05) is 22.0 Å². The topological polar surface area (TPSA) is 37.4 Å². The highest BCUT2D eigenvalue weighted by Crippen LogP contribution is 2.41. The van der Waals surface area contributed by atoms with E-state index in [-0.39, 0.29) is 4.47 Å². The Bertz CT molecular complexity index is 528. The molecule has 0 atom stereocenters. The zero-order valence-electron chi connectivity index (χ0n) is 8.92. The number of nitrogens with zero attached hydrogens (tertiary/aromatic N) is 1. The highest BCUT2D eigenvalue weighted by Gasteiger charge is 2.37. The lowest BCUT2D eigenvalue weighted by Gasteiger charge is -2.22. The van der Waals surface area contributed by atoms with E-state index in [1.54, 1.807) is 0 Å². The molecule has 0 N–H and O–H groups in total. The lowest BCUT2D eigenvalue weighted by Crippen LogP contribution is -2.27. The van der Waals surface area contributed by atoms with E-state index in [2.05, 4.69) is 15.9 Å². The Morgan fingerprint density at radius 1 is 1.29 bits per heavy atom. The molecule has 0 aromatic heterocycles. The molecular formula is C9H9BrF3NO2S. The molecule has 0 unspecified atom stereocenters. The Morgan fingerprint density at radius 2 is 1.82 bits per heavy atom. The van der Waals surface area contributed by atoms with E-state index >= 15 is 0 Å². The molecule has 3 nitrogen and oxygen atoms in total. The van der Waals surface area contributed by atoms with Gasteiger partial charge >= 0.3 is 6.18 Å². The van der Waals surface area contributed by atoms with E-state index in [0.717, 1.165) is 19.4 Å². The van der Waals surface area contributed by atoms with Gasteiger partial charge in [-0.25, -0.2) is 8.42 Å². The Balaban J connectivity index is 3.51. The van der Waals surface area contributed by atoms with Crippen molar-refractivity contribution in [3.8, 4) is 0 Å². The van der Waals surface area contributed by atoms with Crippen LogP contribution in [0.5, 0.6) is 0 Å². The molecule has 0 bridgehead atoms. The van der Waals surface area contributed by atoms with Crippen LogP contribution in [0.15, 0.2) is 22.7 Å². The van der Waals surface area contributed by atoms with Crippen molar-refractivity contribution >= 4 is 31.6 Å².